The summed E-state index contributed by atoms with van der Waals surface area (Å²) in [6.45, 7) is 0. The average molecular weight is 218 g/mol. The Bertz CT molecular complexity index is 462. The smallest absolute Gasteiger partial charge is 0.258 e. The number of nitrogens with zero attached hydrogens (tertiary/aromatic N) is 2. The summed E-state index contributed by atoms with van der Waals surface area (Å²) in [5.74, 6) is -0.130. The highest BCUT2D eigenvalue weighted by Crippen LogP contribution is 2.11. The monoisotopic (exact) mass is 218 g/mol. The minimum atomic E-state index is -0.449. The van der Waals surface area contributed by atoms with Crippen LogP contribution in [0.25, 0.3) is 0 Å². The van der Waals surface area contributed by atoms with Gasteiger partial charge in [-0.05, 0) is 18.2 Å². The molecule has 1 rings (SSSR count). The van der Waals surface area contributed by atoms with E-state index in [1.165, 1.54) is 13.3 Å². The number of guanidine groups is 1. The SMILES string of the molecule is COc1cccc(C(=O)NC(N)=NC#N)c1. The molecule has 1 aromatic carbocycles. The van der Waals surface area contributed by atoms with Gasteiger partial charge in [-0.2, -0.15) is 5.26 Å². The topological polar surface area (TPSA) is 100 Å². The van der Waals surface area contributed by atoms with Crippen molar-refractivity contribution in [1.29, 1.82) is 5.26 Å². The van der Waals surface area contributed by atoms with Gasteiger partial charge in [-0.1, -0.05) is 6.07 Å². The summed E-state index contributed by atoms with van der Waals surface area (Å²) in [5, 5.41) is 10.5. The number of carbonyl (C=O) groups excluding carboxylic acids is 1. The fourth-order valence-corrected chi connectivity index (χ4v) is 1.03. The molecule has 3 N–H and O–H groups in total. The highest BCUT2D eigenvalue weighted by atomic mass is 16.5. The number of aliphatic imine (C=N–C) groups is 1. The first-order valence-corrected chi connectivity index (χ1v) is 4.35. The fraction of sp³-hybridized carbons (Fsp3) is 0.100. The predicted octanol–water partition coefficient (Wildman–Crippen LogP) is 0.221. The highest BCUT2D eigenvalue weighted by Gasteiger charge is 2.07. The zero-order valence-electron chi connectivity index (χ0n) is 8.60. The minimum Gasteiger partial charge on any atom is -0.497 e. The van der Waals surface area contributed by atoms with E-state index in [4.69, 9.17) is 15.7 Å². The maximum absolute atomic E-state index is 11.6. The van der Waals surface area contributed by atoms with Crippen LogP contribution in [0.2, 0.25) is 0 Å². The molecule has 0 unspecified atom stereocenters. The zero-order chi connectivity index (χ0) is 12.0. The summed E-state index contributed by atoms with van der Waals surface area (Å²) < 4.78 is 4.96. The Morgan fingerprint density at radius 1 is 1.62 bits per heavy atom. The van der Waals surface area contributed by atoms with Crippen LogP contribution in [0.3, 0.4) is 0 Å². The van der Waals surface area contributed by atoms with Crippen molar-refractivity contribution in [2.45, 2.75) is 0 Å². The number of carbonyl (C=O) groups is 1. The first-order chi connectivity index (χ1) is 7.67. The van der Waals surface area contributed by atoms with Crippen LogP contribution in [0.1, 0.15) is 10.4 Å². The molecule has 0 fully saturated rings. The third kappa shape index (κ3) is 2.99. The molecule has 0 heterocycles. The standard InChI is InChI=1S/C10H10N4O2/c1-16-8-4-2-3-7(5-8)9(15)14-10(12)13-6-11/h2-5H,1H3,(H3,12,13,14,15). The molecule has 82 valence electrons. The van der Waals surface area contributed by atoms with Crippen LogP contribution in [0.4, 0.5) is 0 Å². The van der Waals surface area contributed by atoms with Gasteiger partial charge in [-0.15, -0.1) is 4.99 Å². The van der Waals surface area contributed by atoms with E-state index in [0.29, 0.717) is 11.3 Å². The Hall–Kier alpha value is -2.55. The molecule has 0 aromatic heterocycles. The molecule has 0 radical (unpaired) electrons. The van der Waals surface area contributed by atoms with E-state index in [1.807, 2.05) is 0 Å². The number of hydrogen-bond acceptors (Lipinski definition) is 4. The summed E-state index contributed by atoms with van der Waals surface area (Å²) in [6.07, 6.45) is 1.47. The van der Waals surface area contributed by atoms with Crippen LogP contribution in [-0.4, -0.2) is 19.0 Å². The molecule has 0 saturated carbocycles. The molecule has 0 aliphatic carbocycles. The Balaban J connectivity index is 2.81. The molecule has 0 aliphatic rings. The molecule has 16 heavy (non-hydrogen) atoms. The number of methoxy groups -OCH3 is 1. The van der Waals surface area contributed by atoms with Crippen molar-refractivity contribution in [2.24, 2.45) is 10.7 Å². The zero-order valence-corrected chi connectivity index (χ0v) is 8.60. The number of nitriles is 1. The maximum atomic E-state index is 11.6. The molecule has 0 spiro atoms. The van der Waals surface area contributed by atoms with Crippen LogP contribution in [0.5, 0.6) is 5.75 Å². The molecule has 0 bridgehead atoms. The van der Waals surface area contributed by atoms with E-state index in [0.717, 1.165) is 0 Å². The molecular formula is C10H10N4O2. The van der Waals surface area contributed by atoms with E-state index < -0.39 is 5.91 Å². The highest BCUT2D eigenvalue weighted by molar-refractivity contribution is 6.05. The van der Waals surface area contributed by atoms with Gasteiger partial charge in [-0.25, -0.2) is 0 Å². The third-order valence-corrected chi connectivity index (χ3v) is 1.74. The number of nitrogens with two attached hydrogens (primary N) is 1. The first kappa shape index (κ1) is 11.5. The van der Waals surface area contributed by atoms with Gasteiger partial charge in [0.15, 0.2) is 0 Å². The number of nitrogens with one attached hydrogen (secondary N) is 1. The quantitative estimate of drug-likeness (QED) is 0.421. The molecule has 6 heteroatoms. The molecule has 0 atom stereocenters. The summed E-state index contributed by atoms with van der Waals surface area (Å²) in [6, 6.07) is 6.53. The average Bonchev–Trinajstić information content (AvgIpc) is 2.29. The van der Waals surface area contributed by atoms with E-state index >= 15 is 0 Å². The lowest BCUT2D eigenvalue weighted by molar-refractivity contribution is 0.0976. The summed E-state index contributed by atoms with van der Waals surface area (Å²) in [5.41, 5.74) is 5.63. The van der Waals surface area contributed by atoms with Gasteiger partial charge in [0.05, 0.1) is 7.11 Å². The second-order valence-electron chi connectivity index (χ2n) is 2.78. The maximum Gasteiger partial charge on any atom is 0.258 e. The van der Waals surface area contributed by atoms with Crippen molar-refractivity contribution in [3.63, 3.8) is 0 Å². The lowest BCUT2D eigenvalue weighted by Gasteiger charge is -2.04. The first-order valence-electron chi connectivity index (χ1n) is 4.35. The Kier molecular flexibility index (Phi) is 3.86. The number of rotatable bonds is 2. The fourth-order valence-electron chi connectivity index (χ4n) is 1.03. The second-order valence-corrected chi connectivity index (χ2v) is 2.78. The van der Waals surface area contributed by atoms with E-state index in [2.05, 4.69) is 10.3 Å². The lowest BCUT2D eigenvalue weighted by Crippen LogP contribution is -2.36. The van der Waals surface area contributed by atoms with Gasteiger partial charge in [0, 0.05) is 5.56 Å². The van der Waals surface area contributed by atoms with E-state index in [1.54, 1.807) is 24.3 Å². The van der Waals surface area contributed by atoms with Crippen molar-refractivity contribution >= 4 is 11.9 Å². The van der Waals surface area contributed by atoms with Gasteiger partial charge in [0.25, 0.3) is 5.91 Å². The minimum absolute atomic E-state index is 0.240. The van der Waals surface area contributed by atoms with E-state index in [9.17, 15) is 4.79 Å². The third-order valence-electron chi connectivity index (χ3n) is 1.74. The molecule has 1 amide bonds. The van der Waals surface area contributed by atoms with Crippen molar-refractivity contribution in [2.75, 3.05) is 7.11 Å². The predicted molar refractivity (Wildman–Crippen MR) is 57.7 cm³/mol. The molecule has 0 aliphatic heterocycles. The van der Waals surface area contributed by atoms with Gasteiger partial charge in [-0.3, -0.25) is 10.1 Å². The van der Waals surface area contributed by atoms with Gasteiger partial charge in [0.2, 0.25) is 12.2 Å². The number of benzene rings is 1. The van der Waals surface area contributed by atoms with E-state index in [-0.39, 0.29) is 5.96 Å². The Labute approximate surface area is 92.3 Å². The number of ether oxygens (including phenoxy) is 1. The van der Waals surface area contributed by atoms with Crippen molar-refractivity contribution < 1.29 is 9.53 Å². The summed E-state index contributed by atoms with van der Waals surface area (Å²) in [4.78, 5) is 14.7. The van der Waals surface area contributed by atoms with Crippen LogP contribution < -0.4 is 15.8 Å². The molecular weight excluding hydrogens is 208 g/mol. The summed E-state index contributed by atoms with van der Waals surface area (Å²) in [7, 11) is 1.50. The van der Waals surface area contributed by atoms with Gasteiger partial charge < -0.3 is 10.5 Å². The lowest BCUT2D eigenvalue weighted by atomic mass is 10.2. The van der Waals surface area contributed by atoms with Crippen LogP contribution in [0, 0.1) is 11.5 Å². The van der Waals surface area contributed by atoms with Crippen LogP contribution in [0.15, 0.2) is 29.3 Å². The van der Waals surface area contributed by atoms with Crippen molar-refractivity contribution in [3.05, 3.63) is 29.8 Å². The van der Waals surface area contributed by atoms with Gasteiger partial charge in [0.1, 0.15) is 5.75 Å². The normalized spacial score (nSPS) is 10.4. The van der Waals surface area contributed by atoms with Crippen molar-refractivity contribution in [1.82, 2.24) is 5.32 Å². The molecule has 6 nitrogen and oxygen atoms in total. The van der Waals surface area contributed by atoms with Gasteiger partial charge >= 0.3 is 0 Å². The van der Waals surface area contributed by atoms with Crippen molar-refractivity contribution in [3.8, 4) is 11.9 Å². The largest absolute Gasteiger partial charge is 0.497 e. The summed E-state index contributed by atoms with van der Waals surface area (Å²) >= 11 is 0. The Morgan fingerprint density at radius 2 is 2.38 bits per heavy atom. The van der Waals surface area contributed by atoms with Crippen LogP contribution >= 0.6 is 0 Å². The molecule has 1 aromatic rings. The Morgan fingerprint density at radius 3 is 3.00 bits per heavy atom. The number of hydrogen-bond donors (Lipinski definition) is 2. The van der Waals surface area contributed by atoms with Crippen LogP contribution in [-0.2, 0) is 0 Å². The second kappa shape index (κ2) is 5.36. The molecule has 0 saturated heterocycles. The number of amides is 1.